The van der Waals surface area contributed by atoms with Crippen molar-refractivity contribution >= 4 is 21.7 Å². The minimum absolute atomic E-state index is 0.0152. The molecule has 0 aromatic heterocycles. The molecule has 0 saturated heterocycles. The molecule has 2 rings (SSSR count). The molecule has 0 radical (unpaired) electrons. The Morgan fingerprint density at radius 1 is 1.13 bits per heavy atom. The number of sulfonamides is 1. The fraction of sp³-hybridized carbons (Fsp3) is 0.133. The first-order valence-corrected chi connectivity index (χ1v) is 7.90. The standard InChI is InChI=1S/C15H13F2NO4S/c1-9-3-5-13(11(7-9)15(19)22-2)18-23(20,21)14-6-4-10(16)8-12(14)17/h3-8,18H,1-2H3. The number of rotatable bonds is 4. The average Bonchev–Trinajstić information content (AvgIpc) is 2.47. The molecule has 0 aliphatic heterocycles. The molecule has 0 saturated carbocycles. The van der Waals surface area contributed by atoms with Gasteiger partial charge in [-0.25, -0.2) is 22.0 Å². The van der Waals surface area contributed by atoms with E-state index in [4.69, 9.17) is 0 Å². The van der Waals surface area contributed by atoms with E-state index in [1.54, 1.807) is 13.0 Å². The third-order valence-electron chi connectivity index (χ3n) is 3.01. The highest BCUT2D eigenvalue weighted by Gasteiger charge is 2.22. The van der Waals surface area contributed by atoms with E-state index < -0.39 is 32.5 Å². The summed E-state index contributed by atoms with van der Waals surface area (Å²) in [6.45, 7) is 1.71. The molecule has 23 heavy (non-hydrogen) atoms. The second kappa shape index (κ2) is 6.33. The number of methoxy groups -OCH3 is 1. The maximum absolute atomic E-state index is 13.7. The lowest BCUT2D eigenvalue weighted by molar-refractivity contribution is 0.0602. The van der Waals surface area contributed by atoms with E-state index in [1.807, 2.05) is 0 Å². The number of nitrogens with one attached hydrogen (secondary N) is 1. The van der Waals surface area contributed by atoms with Gasteiger partial charge in [-0.05, 0) is 31.2 Å². The van der Waals surface area contributed by atoms with Gasteiger partial charge in [-0.2, -0.15) is 0 Å². The van der Waals surface area contributed by atoms with Crippen LogP contribution in [0.4, 0.5) is 14.5 Å². The molecule has 0 atom stereocenters. The summed E-state index contributed by atoms with van der Waals surface area (Å²) in [5.74, 6) is -2.87. The predicted octanol–water partition coefficient (Wildman–Crippen LogP) is 2.86. The fourth-order valence-corrected chi connectivity index (χ4v) is 3.06. The number of aryl methyl sites for hydroxylation is 1. The summed E-state index contributed by atoms with van der Waals surface area (Å²) in [4.78, 5) is 11.0. The van der Waals surface area contributed by atoms with Crippen LogP contribution in [0, 0.1) is 18.6 Å². The van der Waals surface area contributed by atoms with Crippen molar-refractivity contribution in [2.24, 2.45) is 0 Å². The molecule has 0 heterocycles. The molecule has 2 aromatic carbocycles. The topological polar surface area (TPSA) is 72.5 Å². The number of esters is 1. The molecule has 0 spiro atoms. The van der Waals surface area contributed by atoms with Crippen molar-refractivity contribution in [1.82, 2.24) is 0 Å². The summed E-state index contributed by atoms with van der Waals surface area (Å²) in [6.07, 6.45) is 0. The Bertz CT molecular complexity index is 866. The third-order valence-corrected chi connectivity index (χ3v) is 4.41. The van der Waals surface area contributed by atoms with Gasteiger partial charge in [0.25, 0.3) is 10.0 Å². The molecule has 2 aromatic rings. The zero-order chi connectivity index (χ0) is 17.2. The van der Waals surface area contributed by atoms with Crippen molar-refractivity contribution in [3.8, 4) is 0 Å². The van der Waals surface area contributed by atoms with Gasteiger partial charge < -0.3 is 4.74 Å². The van der Waals surface area contributed by atoms with Gasteiger partial charge in [0, 0.05) is 6.07 Å². The summed E-state index contributed by atoms with van der Waals surface area (Å²) in [6, 6.07) is 6.47. The number of carbonyl (C=O) groups is 1. The fourth-order valence-electron chi connectivity index (χ4n) is 1.92. The van der Waals surface area contributed by atoms with Crippen LogP contribution < -0.4 is 4.72 Å². The highest BCUT2D eigenvalue weighted by Crippen LogP contribution is 2.24. The molecule has 0 aliphatic carbocycles. The predicted molar refractivity (Wildman–Crippen MR) is 79.7 cm³/mol. The second-order valence-corrected chi connectivity index (χ2v) is 6.37. The van der Waals surface area contributed by atoms with Crippen LogP contribution in [0.25, 0.3) is 0 Å². The number of hydrogen-bond donors (Lipinski definition) is 1. The van der Waals surface area contributed by atoms with Crippen molar-refractivity contribution in [1.29, 1.82) is 0 Å². The highest BCUT2D eigenvalue weighted by molar-refractivity contribution is 7.92. The Labute approximate surface area is 132 Å². The highest BCUT2D eigenvalue weighted by atomic mass is 32.2. The van der Waals surface area contributed by atoms with Gasteiger partial charge in [-0.3, -0.25) is 4.72 Å². The molecule has 0 aliphatic rings. The molecule has 0 bridgehead atoms. The van der Waals surface area contributed by atoms with Crippen molar-refractivity contribution < 1.29 is 26.7 Å². The van der Waals surface area contributed by atoms with Gasteiger partial charge in [-0.1, -0.05) is 11.6 Å². The van der Waals surface area contributed by atoms with Gasteiger partial charge in [-0.15, -0.1) is 0 Å². The van der Waals surface area contributed by atoms with Crippen molar-refractivity contribution in [2.45, 2.75) is 11.8 Å². The molecule has 1 N–H and O–H groups in total. The van der Waals surface area contributed by atoms with Crippen LogP contribution in [0.15, 0.2) is 41.3 Å². The smallest absolute Gasteiger partial charge is 0.340 e. The molecule has 0 fully saturated rings. The van der Waals surface area contributed by atoms with E-state index in [-0.39, 0.29) is 11.3 Å². The van der Waals surface area contributed by atoms with Crippen LogP contribution in [-0.4, -0.2) is 21.5 Å². The van der Waals surface area contributed by atoms with Crippen LogP contribution in [-0.2, 0) is 14.8 Å². The van der Waals surface area contributed by atoms with Crippen molar-refractivity contribution in [3.63, 3.8) is 0 Å². The largest absolute Gasteiger partial charge is 0.465 e. The summed E-state index contributed by atoms with van der Waals surface area (Å²) in [5, 5.41) is 0. The lowest BCUT2D eigenvalue weighted by atomic mass is 10.1. The first kappa shape index (κ1) is 16.9. The Morgan fingerprint density at radius 3 is 2.43 bits per heavy atom. The van der Waals surface area contributed by atoms with E-state index in [9.17, 15) is 22.0 Å². The number of hydrogen-bond acceptors (Lipinski definition) is 4. The molecule has 122 valence electrons. The van der Waals surface area contributed by atoms with Gasteiger partial charge >= 0.3 is 5.97 Å². The third kappa shape index (κ3) is 3.65. The summed E-state index contributed by atoms with van der Waals surface area (Å²) >= 11 is 0. The maximum atomic E-state index is 13.7. The normalized spacial score (nSPS) is 11.1. The minimum atomic E-state index is -4.34. The Morgan fingerprint density at radius 2 is 1.83 bits per heavy atom. The van der Waals surface area contributed by atoms with Crippen LogP contribution in [0.5, 0.6) is 0 Å². The SMILES string of the molecule is COC(=O)c1cc(C)ccc1NS(=O)(=O)c1ccc(F)cc1F. The molecule has 5 nitrogen and oxygen atoms in total. The monoisotopic (exact) mass is 341 g/mol. The van der Waals surface area contributed by atoms with Crippen molar-refractivity contribution in [2.75, 3.05) is 11.8 Å². The van der Waals surface area contributed by atoms with E-state index >= 15 is 0 Å². The van der Waals surface area contributed by atoms with Crippen LogP contribution in [0.2, 0.25) is 0 Å². The Balaban J connectivity index is 2.47. The van der Waals surface area contributed by atoms with Gasteiger partial charge in [0.1, 0.15) is 16.5 Å². The Hall–Kier alpha value is -2.48. The quantitative estimate of drug-likeness (QED) is 0.868. The van der Waals surface area contributed by atoms with Crippen LogP contribution in [0.1, 0.15) is 15.9 Å². The van der Waals surface area contributed by atoms with E-state index in [2.05, 4.69) is 9.46 Å². The number of benzene rings is 2. The summed E-state index contributed by atoms with van der Waals surface area (Å²) in [7, 11) is -3.18. The average molecular weight is 341 g/mol. The summed E-state index contributed by atoms with van der Waals surface area (Å²) in [5.41, 5.74) is 0.631. The maximum Gasteiger partial charge on any atom is 0.340 e. The zero-order valence-corrected chi connectivity index (χ0v) is 13.1. The van der Waals surface area contributed by atoms with Crippen molar-refractivity contribution in [3.05, 3.63) is 59.2 Å². The van der Waals surface area contributed by atoms with E-state index in [0.29, 0.717) is 11.6 Å². The summed E-state index contributed by atoms with van der Waals surface area (Å²) < 4.78 is 57.8. The first-order chi connectivity index (χ1) is 10.7. The van der Waals surface area contributed by atoms with Crippen LogP contribution in [0.3, 0.4) is 0 Å². The molecular formula is C15H13F2NO4S. The number of halogens is 2. The van der Waals surface area contributed by atoms with Gasteiger partial charge in [0.05, 0.1) is 18.4 Å². The van der Waals surface area contributed by atoms with Crippen LogP contribution >= 0.6 is 0 Å². The molecule has 8 heteroatoms. The Kier molecular flexibility index (Phi) is 4.65. The minimum Gasteiger partial charge on any atom is -0.465 e. The number of carbonyl (C=O) groups excluding carboxylic acids is 1. The lowest BCUT2D eigenvalue weighted by Crippen LogP contribution is -2.17. The second-order valence-electron chi connectivity index (χ2n) is 4.72. The zero-order valence-electron chi connectivity index (χ0n) is 12.3. The van der Waals surface area contributed by atoms with E-state index in [0.717, 1.165) is 19.2 Å². The first-order valence-electron chi connectivity index (χ1n) is 6.41. The van der Waals surface area contributed by atoms with Gasteiger partial charge in [0.2, 0.25) is 0 Å². The molecule has 0 unspecified atom stereocenters. The molecule has 0 amide bonds. The lowest BCUT2D eigenvalue weighted by Gasteiger charge is -2.12. The van der Waals surface area contributed by atoms with E-state index in [1.165, 1.54) is 12.1 Å². The van der Waals surface area contributed by atoms with Gasteiger partial charge in [0.15, 0.2) is 0 Å². The number of anilines is 1. The number of ether oxygens (including phenoxy) is 1. The molecular weight excluding hydrogens is 328 g/mol.